The van der Waals surface area contributed by atoms with E-state index in [4.69, 9.17) is 23.4 Å². The Balaban J connectivity index is 2.00. The summed E-state index contributed by atoms with van der Waals surface area (Å²) in [4.78, 5) is 13.2. The summed E-state index contributed by atoms with van der Waals surface area (Å²) in [6.45, 7) is 0. The third kappa shape index (κ3) is 1.74. The van der Waals surface area contributed by atoms with Crippen LogP contribution in [0.2, 0.25) is 0 Å². The molecule has 7 heteroatoms. The van der Waals surface area contributed by atoms with Gasteiger partial charge in [0.15, 0.2) is 11.3 Å². The third-order valence-electron chi connectivity index (χ3n) is 4.81. The summed E-state index contributed by atoms with van der Waals surface area (Å²) in [5.74, 6) is 0.817. The van der Waals surface area contributed by atoms with Crippen LogP contribution >= 0.6 is 0 Å². The molecule has 2 aliphatic rings. The molecule has 3 aromatic rings. The minimum Gasteiger partial charge on any atom is -0.507 e. The Morgan fingerprint density at radius 1 is 1.08 bits per heavy atom. The molecule has 0 bridgehead atoms. The highest BCUT2D eigenvalue weighted by atomic mass is 16.7. The van der Waals surface area contributed by atoms with E-state index in [0.29, 0.717) is 28.4 Å². The minimum atomic E-state index is -0.493. The Hall–Kier alpha value is -3.35. The van der Waals surface area contributed by atoms with Gasteiger partial charge in [-0.05, 0) is 18.2 Å². The second-order valence-electron chi connectivity index (χ2n) is 6.09. The van der Waals surface area contributed by atoms with Crippen LogP contribution in [0.4, 0.5) is 0 Å². The molecule has 3 heterocycles. The summed E-state index contributed by atoms with van der Waals surface area (Å²) >= 11 is 0. The molecular formula is C19H14O7. The third-order valence-corrected chi connectivity index (χ3v) is 4.81. The number of ether oxygens (including phenoxy) is 4. The van der Waals surface area contributed by atoms with Crippen molar-refractivity contribution in [2.24, 2.45) is 0 Å². The van der Waals surface area contributed by atoms with Crippen molar-refractivity contribution < 1.29 is 28.5 Å². The Labute approximate surface area is 146 Å². The van der Waals surface area contributed by atoms with Gasteiger partial charge in [-0.3, -0.25) is 4.79 Å². The number of hydrogen-bond acceptors (Lipinski definition) is 7. The van der Waals surface area contributed by atoms with Crippen molar-refractivity contribution in [1.82, 2.24) is 0 Å². The van der Waals surface area contributed by atoms with Crippen molar-refractivity contribution in [3.8, 4) is 23.0 Å². The molecule has 0 radical (unpaired) electrons. The highest BCUT2D eigenvalue weighted by Gasteiger charge is 2.41. The second kappa shape index (κ2) is 5.08. The van der Waals surface area contributed by atoms with Crippen LogP contribution in [-0.4, -0.2) is 25.6 Å². The fourth-order valence-corrected chi connectivity index (χ4v) is 3.63. The standard InChI is InChI=1S/C19H14O7/c1-22-10-4-3-9(20)14-16(21)15-11(23-2)7-12-13(18(15)26-17(10)14)8-5-6-24-19(8)25-12/h3-8,19-20H,1-2H3/t8-,19+/m1/s1. The van der Waals surface area contributed by atoms with E-state index < -0.39 is 11.7 Å². The molecule has 2 aromatic carbocycles. The van der Waals surface area contributed by atoms with Crippen LogP contribution in [0.1, 0.15) is 11.5 Å². The van der Waals surface area contributed by atoms with E-state index in [0.717, 1.165) is 0 Å². The molecule has 0 fully saturated rings. The molecule has 132 valence electrons. The van der Waals surface area contributed by atoms with Crippen LogP contribution in [0.3, 0.4) is 0 Å². The topological polar surface area (TPSA) is 87.4 Å². The number of rotatable bonds is 2. The normalized spacial score (nSPS) is 19.9. The quantitative estimate of drug-likeness (QED) is 0.708. The second-order valence-corrected chi connectivity index (χ2v) is 6.09. The van der Waals surface area contributed by atoms with Crippen LogP contribution < -0.4 is 19.6 Å². The molecule has 26 heavy (non-hydrogen) atoms. The zero-order valence-electron chi connectivity index (χ0n) is 13.9. The number of aromatic hydroxyl groups is 1. The lowest BCUT2D eigenvalue weighted by Gasteiger charge is -2.12. The Kier molecular flexibility index (Phi) is 2.92. The molecular weight excluding hydrogens is 340 g/mol. The summed E-state index contributed by atoms with van der Waals surface area (Å²) in [6.07, 6.45) is 2.93. The maximum atomic E-state index is 13.2. The van der Waals surface area contributed by atoms with Crippen molar-refractivity contribution in [1.29, 1.82) is 0 Å². The van der Waals surface area contributed by atoms with Gasteiger partial charge in [-0.25, -0.2) is 0 Å². The van der Waals surface area contributed by atoms with Crippen LogP contribution in [0.15, 0.2) is 39.7 Å². The summed E-state index contributed by atoms with van der Waals surface area (Å²) in [5, 5.41) is 10.5. The summed E-state index contributed by atoms with van der Waals surface area (Å²) < 4.78 is 28.0. The molecule has 2 aliphatic heterocycles. The molecule has 5 rings (SSSR count). The molecule has 0 amide bonds. The van der Waals surface area contributed by atoms with Gasteiger partial charge in [0.2, 0.25) is 5.43 Å². The molecule has 2 atom stereocenters. The Bertz CT molecular complexity index is 1160. The monoisotopic (exact) mass is 354 g/mol. The van der Waals surface area contributed by atoms with E-state index in [2.05, 4.69) is 0 Å². The largest absolute Gasteiger partial charge is 0.507 e. The number of phenols is 1. The lowest BCUT2D eigenvalue weighted by atomic mass is 9.97. The molecule has 1 aromatic heterocycles. The maximum absolute atomic E-state index is 13.2. The molecule has 1 N–H and O–H groups in total. The molecule has 0 saturated carbocycles. The van der Waals surface area contributed by atoms with Crippen molar-refractivity contribution in [3.05, 3.63) is 46.3 Å². The Morgan fingerprint density at radius 2 is 1.88 bits per heavy atom. The first-order chi connectivity index (χ1) is 12.6. The highest BCUT2D eigenvalue weighted by Crippen LogP contribution is 2.49. The van der Waals surface area contributed by atoms with Crippen molar-refractivity contribution in [3.63, 3.8) is 0 Å². The maximum Gasteiger partial charge on any atom is 0.250 e. The van der Waals surface area contributed by atoms with E-state index in [-0.39, 0.29) is 28.0 Å². The van der Waals surface area contributed by atoms with Gasteiger partial charge in [-0.2, -0.15) is 0 Å². The van der Waals surface area contributed by atoms with E-state index in [9.17, 15) is 9.90 Å². The average Bonchev–Trinajstić information content (AvgIpc) is 3.21. The van der Waals surface area contributed by atoms with Gasteiger partial charge < -0.3 is 28.5 Å². The SMILES string of the molecule is COc1ccc(O)c2c(=O)c3c(OC)cc4c(c3oc12)[C@H]1C=CO[C@H]1O4. The molecule has 0 unspecified atom stereocenters. The van der Waals surface area contributed by atoms with Gasteiger partial charge >= 0.3 is 0 Å². The smallest absolute Gasteiger partial charge is 0.250 e. The van der Waals surface area contributed by atoms with Gasteiger partial charge in [0.05, 0.1) is 32.0 Å². The summed E-state index contributed by atoms with van der Waals surface area (Å²) in [7, 11) is 2.93. The Morgan fingerprint density at radius 3 is 2.65 bits per heavy atom. The summed E-state index contributed by atoms with van der Waals surface area (Å²) in [5.41, 5.74) is 0.822. The number of benzene rings is 2. The first-order valence-electron chi connectivity index (χ1n) is 8.00. The summed E-state index contributed by atoms with van der Waals surface area (Å²) in [6, 6.07) is 4.59. The first kappa shape index (κ1) is 14.9. The van der Waals surface area contributed by atoms with Crippen molar-refractivity contribution >= 4 is 21.9 Å². The fourth-order valence-electron chi connectivity index (χ4n) is 3.63. The van der Waals surface area contributed by atoms with Crippen molar-refractivity contribution in [2.75, 3.05) is 14.2 Å². The van der Waals surface area contributed by atoms with Crippen LogP contribution in [-0.2, 0) is 4.74 Å². The lowest BCUT2D eigenvalue weighted by Crippen LogP contribution is -2.14. The number of methoxy groups -OCH3 is 2. The first-order valence-corrected chi connectivity index (χ1v) is 8.00. The molecule has 0 aliphatic carbocycles. The van der Waals surface area contributed by atoms with Gasteiger partial charge in [0.1, 0.15) is 33.6 Å². The number of fused-ring (bicyclic) bond motifs is 6. The van der Waals surface area contributed by atoms with Crippen LogP contribution in [0.25, 0.3) is 21.9 Å². The van der Waals surface area contributed by atoms with E-state index in [1.54, 1.807) is 18.4 Å². The average molecular weight is 354 g/mol. The zero-order chi connectivity index (χ0) is 18.0. The fraction of sp³-hybridized carbons (Fsp3) is 0.211. The predicted octanol–water partition coefficient (Wildman–Crippen LogP) is 3.02. The van der Waals surface area contributed by atoms with Crippen LogP contribution in [0, 0.1) is 0 Å². The van der Waals surface area contributed by atoms with E-state index >= 15 is 0 Å². The predicted molar refractivity (Wildman–Crippen MR) is 92.1 cm³/mol. The van der Waals surface area contributed by atoms with Gasteiger partial charge in [0, 0.05) is 6.07 Å². The van der Waals surface area contributed by atoms with Gasteiger partial charge in [-0.1, -0.05) is 0 Å². The minimum absolute atomic E-state index is 0.0452. The number of phenolic OH excluding ortho intramolecular Hbond substituents is 1. The van der Waals surface area contributed by atoms with Gasteiger partial charge in [0.25, 0.3) is 6.29 Å². The highest BCUT2D eigenvalue weighted by molar-refractivity contribution is 6.00. The molecule has 7 nitrogen and oxygen atoms in total. The van der Waals surface area contributed by atoms with E-state index in [1.165, 1.54) is 20.3 Å². The van der Waals surface area contributed by atoms with Gasteiger partial charge in [-0.15, -0.1) is 0 Å². The zero-order valence-corrected chi connectivity index (χ0v) is 13.9. The van der Waals surface area contributed by atoms with Crippen LogP contribution in [0.5, 0.6) is 23.0 Å². The molecule has 0 saturated heterocycles. The van der Waals surface area contributed by atoms with Crippen molar-refractivity contribution in [2.45, 2.75) is 12.2 Å². The molecule has 0 spiro atoms. The lowest BCUT2D eigenvalue weighted by molar-refractivity contribution is -0.00484. The number of hydrogen-bond donors (Lipinski definition) is 1. The van der Waals surface area contributed by atoms with E-state index in [1.807, 2.05) is 6.08 Å².